The molecule has 0 aliphatic heterocycles. The number of ether oxygens (including phenoxy) is 1. The van der Waals surface area contributed by atoms with Gasteiger partial charge in [-0.05, 0) is 42.2 Å². The molecule has 0 spiro atoms. The maximum atomic E-state index is 13.1. The van der Waals surface area contributed by atoms with E-state index in [2.05, 4.69) is 5.32 Å². The SMILES string of the molecule is COc1cc(F)ccc1NC(=O)C1CC1c1ccc(F)cc1. The molecule has 1 saturated carbocycles. The first kappa shape index (κ1) is 14.5. The molecule has 2 atom stereocenters. The van der Waals surface area contributed by atoms with Gasteiger partial charge in [-0.1, -0.05) is 12.1 Å². The van der Waals surface area contributed by atoms with Crippen LogP contribution in [0.25, 0.3) is 0 Å². The molecule has 2 aromatic rings. The van der Waals surface area contributed by atoms with Crippen LogP contribution in [0.5, 0.6) is 5.75 Å². The number of nitrogens with one attached hydrogen (secondary N) is 1. The van der Waals surface area contributed by atoms with Gasteiger partial charge >= 0.3 is 0 Å². The van der Waals surface area contributed by atoms with E-state index in [4.69, 9.17) is 4.74 Å². The zero-order valence-corrected chi connectivity index (χ0v) is 12.0. The summed E-state index contributed by atoms with van der Waals surface area (Å²) in [6.07, 6.45) is 0.723. The Kier molecular flexibility index (Phi) is 3.79. The van der Waals surface area contributed by atoms with Crippen LogP contribution in [0.3, 0.4) is 0 Å². The molecular formula is C17H15F2NO2. The van der Waals surface area contributed by atoms with Crippen molar-refractivity contribution in [2.24, 2.45) is 5.92 Å². The third-order valence-electron chi connectivity index (χ3n) is 3.85. The molecule has 2 aromatic carbocycles. The Bertz CT molecular complexity index is 700. The van der Waals surface area contributed by atoms with E-state index in [0.717, 1.165) is 12.0 Å². The second-order valence-electron chi connectivity index (χ2n) is 5.33. The summed E-state index contributed by atoms with van der Waals surface area (Å²) in [7, 11) is 1.42. The van der Waals surface area contributed by atoms with Gasteiger partial charge in [0, 0.05) is 12.0 Å². The lowest BCUT2D eigenvalue weighted by Gasteiger charge is -2.10. The summed E-state index contributed by atoms with van der Waals surface area (Å²) < 4.78 is 31.1. The highest BCUT2D eigenvalue weighted by Crippen LogP contribution is 2.48. The summed E-state index contributed by atoms with van der Waals surface area (Å²) in [5.41, 5.74) is 1.39. The van der Waals surface area contributed by atoms with Gasteiger partial charge in [0.25, 0.3) is 0 Å². The van der Waals surface area contributed by atoms with Crippen LogP contribution in [-0.4, -0.2) is 13.0 Å². The topological polar surface area (TPSA) is 38.3 Å². The smallest absolute Gasteiger partial charge is 0.228 e. The average molecular weight is 303 g/mol. The predicted molar refractivity (Wildman–Crippen MR) is 78.8 cm³/mol. The number of rotatable bonds is 4. The molecule has 0 saturated heterocycles. The number of halogens is 2. The van der Waals surface area contributed by atoms with Crippen molar-refractivity contribution < 1.29 is 18.3 Å². The standard InChI is InChI=1S/C17H15F2NO2/c1-22-16-8-12(19)6-7-15(16)20-17(21)14-9-13(14)10-2-4-11(18)5-3-10/h2-8,13-14H,9H2,1H3,(H,20,21). The fourth-order valence-electron chi connectivity index (χ4n) is 2.56. The number of carbonyl (C=O) groups excluding carboxylic acids is 1. The van der Waals surface area contributed by atoms with E-state index in [0.29, 0.717) is 5.69 Å². The maximum absolute atomic E-state index is 13.1. The maximum Gasteiger partial charge on any atom is 0.228 e. The molecule has 5 heteroatoms. The Morgan fingerprint density at radius 3 is 2.50 bits per heavy atom. The second kappa shape index (κ2) is 5.75. The lowest BCUT2D eigenvalue weighted by Crippen LogP contribution is -2.15. The van der Waals surface area contributed by atoms with Crippen molar-refractivity contribution in [2.75, 3.05) is 12.4 Å². The van der Waals surface area contributed by atoms with Gasteiger partial charge in [0.15, 0.2) is 0 Å². The van der Waals surface area contributed by atoms with Crippen LogP contribution in [0.2, 0.25) is 0 Å². The van der Waals surface area contributed by atoms with Crippen LogP contribution in [-0.2, 0) is 4.79 Å². The van der Waals surface area contributed by atoms with Gasteiger partial charge in [-0.2, -0.15) is 0 Å². The van der Waals surface area contributed by atoms with E-state index in [-0.39, 0.29) is 29.3 Å². The van der Waals surface area contributed by atoms with Crippen molar-refractivity contribution in [1.29, 1.82) is 0 Å². The van der Waals surface area contributed by atoms with Gasteiger partial charge in [-0.15, -0.1) is 0 Å². The number of carbonyl (C=O) groups is 1. The highest BCUT2D eigenvalue weighted by atomic mass is 19.1. The van der Waals surface area contributed by atoms with Crippen molar-refractivity contribution in [3.63, 3.8) is 0 Å². The molecule has 3 nitrogen and oxygen atoms in total. The lowest BCUT2D eigenvalue weighted by molar-refractivity contribution is -0.117. The van der Waals surface area contributed by atoms with E-state index < -0.39 is 5.82 Å². The molecule has 22 heavy (non-hydrogen) atoms. The summed E-state index contributed by atoms with van der Waals surface area (Å²) in [5.74, 6) is -0.620. The number of benzene rings is 2. The Labute approximate surface area is 126 Å². The van der Waals surface area contributed by atoms with Crippen molar-refractivity contribution in [3.8, 4) is 5.75 Å². The van der Waals surface area contributed by atoms with Crippen molar-refractivity contribution in [1.82, 2.24) is 0 Å². The minimum Gasteiger partial charge on any atom is -0.494 e. The van der Waals surface area contributed by atoms with Gasteiger partial charge in [0.05, 0.1) is 12.8 Å². The minimum absolute atomic E-state index is 0.104. The van der Waals surface area contributed by atoms with Crippen molar-refractivity contribution >= 4 is 11.6 Å². The largest absolute Gasteiger partial charge is 0.494 e. The van der Waals surface area contributed by atoms with Crippen LogP contribution in [0.4, 0.5) is 14.5 Å². The number of hydrogen-bond acceptors (Lipinski definition) is 2. The summed E-state index contributed by atoms with van der Waals surface area (Å²) >= 11 is 0. The molecule has 1 N–H and O–H groups in total. The molecule has 1 amide bonds. The highest BCUT2D eigenvalue weighted by Gasteiger charge is 2.44. The Balaban J connectivity index is 1.68. The molecule has 3 rings (SSSR count). The monoisotopic (exact) mass is 303 g/mol. The number of hydrogen-bond donors (Lipinski definition) is 1. The van der Waals surface area contributed by atoms with Gasteiger partial charge in [-0.3, -0.25) is 4.79 Å². The Hall–Kier alpha value is -2.43. The molecular weight excluding hydrogens is 288 g/mol. The third-order valence-corrected chi connectivity index (χ3v) is 3.85. The fourth-order valence-corrected chi connectivity index (χ4v) is 2.56. The fraction of sp³-hybridized carbons (Fsp3) is 0.235. The molecule has 1 aliphatic rings. The van der Waals surface area contributed by atoms with Crippen LogP contribution < -0.4 is 10.1 Å². The molecule has 0 radical (unpaired) electrons. The van der Waals surface area contributed by atoms with Gasteiger partial charge < -0.3 is 10.1 Å². The van der Waals surface area contributed by atoms with Gasteiger partial charge in [0.1, 0.15) is 17.4 Å². The molecule has 0 bridgehead atoms. The van der Waals surface area contributed by atoms with Crippen LogP contribution >= 0.6 is 0 Å². The second-order valence-corrected chi connectivity index (χ2v) is 5.33. The zero-order chi connectivity index (χ0) is 15.7. The van der Waals surface area contributed by atoms with Crippen LogP contribution in [0.15, 0.2) is 42.5 Å². The van der Waals surface area contributed by atoms with Crippen molar-refractivity contribution in [3.05, 3.63) is 59.7 Å². The first-order valence-electron chi connectivity index (χ1n) is 6.98. The molecule has 0 heterocycles. The van der Waals surface area contributed by atoms with Gasteiger partial charge in [0.2, 0.25) is 5.91 Å². The number of methoxy groups -OCH3 is 1. The molecule has 114 valence electrons. The normalized spacial score (nSPS) is 19.6. The van der Waals surface area contributed by atoms with Crippen LogP contribution in [0.1, 0.15) is 17.9 Å². The Morgan fingerprint density at radius 1 is 1.14 bits per heavy atom. The quantitative estimate of drug-likeness (QED) is 0.935. The number of amides is 1. The summed E-state index contributed by atoms with van der Waals surface area (Å²) in [6.45, 7) is 0. The first-order chi connectivity index (χ1) is 10.6. The lowest BCUT2D eigenvalue weighted by atomic mass is 10.1. The average Bonchev–Trinajstić information content (AvgIpc) is 3.30. The first-order valence-corrected chi connectivity index (χ1v) is 6.98. The third kappa shape index (κ3) is 2.93. The van der Waals surface area contributed by atoms with E-state index in [9.17, 15) is 13.6 Å². The Morgan fingerprint density at radius 2 is 1.82 bits per heavy atom. The van der Waals surface area contributed by atoms with Crippen LogP contribution in [0, 0.1) is 17.6 Å². The summed E-state index contributed by atoms with van der Waals surface area (Å²) in [6, 6.07) is 10.2. The molecule has 1 aliphatic carbocycles. The van der Waals surface area contributed by atoms with E-state index in [1.54, 1.807) is 12.1 Å². The van der Waals surface area contributed by atoms with E-state index >= 15 is 0 Å². The molecule has 2 unspecified atom stereocenters. The minimum atomic E-state index is -0.426. The summed E-state index contributed by atoms with van der Waals surface area (Å²) in [5, 5.41) is 2.76. The van der Waals surface area contributed by atoms with E-state index in [1.165, 1.54) is 37.4 Å². The highest BCUT2D eigenvalue weighted by molar-refractivity contribution is 5.96. The molecule has 1 fully saturated rings. The van der Waals surface area contributed by atoms with E-state index in [1.807, 2.05) is 0 Å². The number of anilines is 1. The molecule has 0 aromatic heterocycles. The summed E-state index contributed by atoms with van der Waals surface area (Å²) in [4.78, 5) is 12.2. The predicted octanol–water partition coefficient (Wildman–Crippen LogP) is 3.72. The van der Waals surface area contributed by atoms with Gasteiger partial charge in [-0.25, -0.2) is 8.78 Å². The zero-order valence-electron chi connectivity index (χ0n) is 12.0. The van der Waals surface area contributed by atoms with Crippen molar-refractivity contribution in [2.45, 2.75) is 12.3 Å².